The average Bonchev–Trinajstić information content (AvgIpc) is 3.05. The Morgan fingerprint density at radius 2 is 2.30 bits per heavy atom. The van der Waals surface area contributed by atoms with Crippen molar-refractivity contribution in [3.05, 3.63) is 45.6 Å². The molecule has 1 N–H and O–H groups in total. The molecule has 104 valence electrons. The van der Waals surface area contributed by atoms with E-state index in [1.807, 2.05) is 18.5 Å². The molecule has 8 heteroatoms. The van der Waals surface area contributed by atoms with Crippen molar-refractivity contribution in [3.63, 3.8) is 0 Å². The Bertz CT molecular complexity index is 773. The van der Waals surface area contributed by atoms with Gasteiger partial charge < -0.3 is 5.32 Å². The largest absolute Gasteiger partial charge is 0.311 e. The molecule has 3 heterocycles. The predicted octanol–water partition coefficient (Wildman–Crippen LogP) is 0.505. The van der Waals surface area contributed by atoms with Gasteiger partial charge in [-0.2, -0.15) is 0 Å². The molecule has 0 atom stereocenters. The smallest absolute Gasteiger partial charge is 0.258 e. The molecule has 0 aliphatic rings. The van der Waals surface area contributed by atoms with Crippen LogP contribution in [0.4, 0.5) is 0 Å². The van der Waals surface area contributed by atoms with E-state index >= 15 is 0 Å². The summed E-state index contributed by atoms with van der Waals surface area (Å²) in [7, 11) is 0. The lowest BCUT2D eigenvalue weighted by atomic mass is 10.4. The van der Waals surface area contributed by atoms with Crippen molar-refractivity contribution in [1.82, 2.24) is 29.7 Å². The van der Waals surface area contributed by atoms with Crippen LogP contribution in [0.1, 0.15) is 18.3 Å². The van der Waals surface area contributed by atoms with Crippen LogP contribution in [0.3, 0.4) is 0 Å². The third-order valence-electron chi connectivity index (χ3n) is 2.82. The molecule has 0 aromatic carbocycles. The predicted molar refractivity (Wildman–Crippen MR) is 75.8 cm³/mol. The molecule has 0 bridgehead atoms. The zero-order valence-electron chi connectivity index (χ0n) is 11.0. The molecule has 20 heavy (non-hydrogen) atoms. The van der Waals surface area contributed by atoms with Gasteiger partial charge in [-0.25, -0.2) is 9.67 Å². The van der Waals surface area contributed by atoms with Gasteiger partial charge in [-0.05, 0) is 6.54 Å². The molecule has 0 fully saturated rings. The maximum atomic E-state index is 11.9. The SMILES string of the molecule is CCNCc1cn(Cc2cc(=O)n3ccsc3n2)nn1. The quantitative estimate of drug-likeness (QED) is 0.740. The van der Waals surface area contributed by atoms with Crippen LogP contribution in [0.15, 0.2) is 28.6 Å². The summed E-state index contributed by atoms with van der Waals surface area (Å²) in [6.07, 6.45) is 3.59. The Morgan fingerprint density at radius 1 is 1.40 bits per heavy atom. The highest BCUT2D eigenvalue weighted by molar-refractivity contribution is 7.15. The second-order valence-electron chi connectivity index (χ2n) is 4.33. The summed E-state index contributed by atoms with van der Waals surface area (Å²) in [5.41, 5.74) is 1.50. The Kier molecular flexibility index (Phi) is 3.57. The fourth-order valence-corrected chi connectivity index (χ4v) is 2.62. The van der Waals surface area contributed by atoms with E-state index in [2.05, 4.69) is 20.6 Å². The highest BCUT2D eigenvalue weighted by Gasteiger charge is 2.06. The van der Waals surface area contributed by atoms with Crippen LogP contribution in [0.5, 0.6) is 0 Å². The minimum Gasteiger partial charge on any atom is -0.311 e. The van der Waals surface area contributed by atoms with Crippen molar-refractivity contribution in [2.24, 2.45) is 0 Å². The van der Waals surface area contributed by atoms with Crippen LogP contribution in [-0.4, -0.2) is 30.9 Å². The van der Waals surface area contributed by atoms with Crippen LogP contribution in [0.25, 0.3) is 4.96 Å². The van der Waals surface area contributed by atoms with Crippen molar-refractivity contribution in [2.45, 2.75) is 20.0 Å². The first-order valence-corrected chi connectivity index (χ1v) is 7.19. The van der Waals surface area contributed by atoms with Crippen LogP contribution < -0.4 is 10.9 Å². The molecule has 0 unspecified atom stereocenters. The van der Waals surface area contributed by atoms with E-state index in [4.69, 9.17) is 0 Å². The number of nitrogens with one attached hydrogen (secondary N) is 1. The molecular formula is C12H14N6OS. The van der Waals surface area contributed by atoms with Crippen LogP contribution in [-0.2, 0) is 13.1 Å². The van der Waals surface area contributed by atoms with Crippen LogP contribution in [0, 0.1) is 0 Å². The topological polar surface area (TPSA) is 77.1 Å². The molecule has 0 saturated carbocycles. The summed E-state index contributed by atoms with van der Waals surface area (Å²) >= 11 is 1.44. The molecule has 0 saturated heterocycles. The molecule has 3 aromatic heterocycles. The number of aromatic nitrogens is 5. The van der Waals surface area contributed by atoms with Gasteiger partial charge in [0.1, 0.15) is 0 Å². The Morgan fingerprint density at radius 3 is 3.15 bits per heavy atom. The lowest BCUT2D eigenvalue weighted by Gasteiger charge is -2.00. The number of hydrogen-bond acceptors (Lipinski definition) is 6. The van der Waals surface area contributed by atoms with E-state index < -0.39 is 0 Å². The Labute approximate surface area is 118 Å². The van der Waals surface area contributed by atoms with E-state index in [0.29, 0.717) is 23.7 Å². The summed E-state index contributed by atoms with van der Waals surface area (Å²) in [5, 5.41) is 13.1. The van der Waals surface area contributed by atoms with Crippen LogP contribution >= 0.6 is 11.3 Å². The lowest BCUT2D eigenvalue weighted by molar-refractivity contribution is 0.637. The van der Waals surface area contributed by atoms with Gasteiger partial charge >= 0.3 is 0 Å². The van der Waals surface area contributed by atoms with Gasteiger partial charge in [-0.15, -0.1) is 16.4 Å². The minimum absolute atomic E-state index is 0.0701. The second kappa shape index (κ2) is 5.51. The summed E-state index contributed by atoms with van der Waals surface area (Å²) < 4.78 is 3.23. The molecule has 0 aliphatic carbocycles. The van der Waals surface area contributed by atoms with Gasteiger partial charge in [0.25, 0.3) is 5.56 Å². The molecule has 7 nitrogen and oxygen atoms in total. The molecule has 0 radical (unpaired) electrons. The van der Waals surface area contributed by atoms with E-state index in [1.54, 1.807) is 10.9 Å². The third-order valence-corrected chi connectivity index (χ3v) is 3.58. The van der Waals surface area contributed by atoms with E-state index in [0.717, 1.165) is 12.2 Å². The Balaban J connectivity index is 1.81. The van der Waals surface area contributed by atoms with Crippen molar-refractivity contribution in [1.29, 1.82) is 0 Å². The summed E-state index contributed by atoms with van der Waals surface area (Å²) in [6, 6.07) is 1.53. The number of rotatable bonds is 5. The number of nitrogens with zero attached hydrogens (tertiary/aromatic N) is 5. The number of thiazole rings is 1. The highest BCUT2D eigenvalue weighted by atomic mass is 32.1. The zero-order chi connectivity index (χ0) is 13.9. The van der Waals surface area contributed by atoms with Crippen molar-refractivity contribution >= 4 is 16.3 Å². The minimum atomic E-state index is -0.0701. The number of hydrogen-bond donors (Lipinski definition) is 1. The second-order valence-corrected chi connectivity index (χ2v) is 5.20. The van der Waals surface area contributed by atoms with Crippen LogP contribution in [0.2, 0.25) is 0 Å². The standard InChI is InChI=1S/C12H14N6OS/c1-2-13-6-10-8-17(16-15-10)7-9-5-11(19)18-3-4-20-12(18)14-9/h3-5,8,13H,2,6-7H2,1H3. The van der Waals surface area contributed by atoms with Gasteiger partial charge in [-0.1, -0.05) is 12.1 Å². The first kappa shape index (κ1) is 12.9. The van der Waals surface area contributed by atoms with E-state index in [1.165, 1.54) is 21.8 Å². The first-order valence-electron chi connectivity index (χ1n) is 6.32. The summed E-state index contributed by atoms with van der Waals surface area (Å²) in [4.78, 5) is 17.0. The van der Waals surface area contributed by atoms with Gasteiger partial charge in [0.15, 0.2) is 4.96 Å². The van der Waals surface area contributed by atoms with Gasteiger partial charge in [0.05, 0.1) is 24.1 Å². The monoisotopic (exact) mass is 290 g/mol. The normalized spacial score (nSPS) is 11.2. The van der Waals surface area contributed by atoms with E-state index in [9.17, 15) is 4.79 Å². The first-order chi connectivity index (χ1) is 9.76. The highest BCUT2D eigenvalue weighted by Crippen LogP contribution is 2.07. The molecule has 3 rings (SSSR count). The fraction of sp³-hybridized carbons (Fsp3) is 0.333. The van der Waals surface area contributed by atoms with Gasteiger partial charge in [0.2, 0.25) is 0 Å². The zero-order valence-corrected chi connectivity index (χ0v) is 11.8. The number of fused-ring (bicyclic) bond motifs is 1. The van der Waals surface area contributed by atoms with Gasteiger partial charge in [-0.3, -0.25) is 9.20 Å². The maximum absolute atomic E-state index is 11.9. The Hall–Kier alpha value is -2.06. The third kappa shape index (κ3) is 2.61. The molecule has 0 aliphatic heterocycles. The van der Waals surface area contributed by atoms with E-state index in [-0.39, 0.29) is 5.56 Å². The average molecular weight is 290 g/mol. The molecule has 0 spiro atoms. The fourth-order valence-electron chi connectivity index (χ4n) is 1.88. The van der Waals surface area contributed by atoms with Crippen molar-refractivity contribution in [3.8, 4) is 0 Å². The van der Waals surface area contributed by atoms with Gasteiger partial charge in [0, 0.05) is 24.2 Å². The summed E-state index contributed by atoms with van der Waals surface area (Å²) in [5.74, 6) is 0. The van der Waals surface area contributed by atoms with Crippen molar-refractivity contribution in [2.75, 3.05) is 6.54 Å². The molecule has 0 amide bonds. The summed E-state index contributed by atoms with van der Waals surface area (Å²) in [6.45, 7) is 4.07. The lowest BCUT2D eigenvalue weighted by Crippen LogP contribution is -2.15. The van der Waals surface area contributed by atoms with Crippen molar-refractivity contribution < 1.29 is 0 Å². The molecule has 3 aromatic rings. The maximum Gasteiger partial charge on any atom is 0.258 e. The molecular weight excluding hydrogens is 276 g/mol.